The van der Waals surface area contributed by atoms with Crippen LogP contribution in [0, 0.1) is 0 Å². The van der Waals surface area contributed by atoms with Crippen molar-refractivity contribution in [2.45, 2.75) is 20.8 Å². The molecule has 6 rings (SSSR count). The molecule has 250 valence electrons. The van der Waals surface area contributed by atoms with E-state index in [1.807, 2.05) is 0 Å². The van der Waals surface area contributed by atoms with Crippen LogP contribution in [0.5, 0.6) is 0 Å². The summed E-state index contributed by atoms with van der Waals surface area (Å²) in [7, 11) is 9.26. The van der Waals surface area contributed by atoms with Gasteiger partial charge in [-0.15, -0.1) is 0 Å². The van der Waals surface area contributed by atoms with Crippen molar-refractivity contribution < 1.29 is 15.1 Å². The van der Waals surface area contributed by atoms with Gasteiger partial charge in [-0.3, -0.25) is 0 Å². The first kappa shape index (κ1) is 40.2. The Bertz CT molecular complexity index is 1300. The molecule has 0 atom stereocenters. The van der Waals surface area contributed by atoms with Crippen molar-refractivity contribution in [3.63, 3.8) is 0 Å². The summed E-state index contributed by atoms with van der Waals surface area (Å²) in [5, 5.41) is 8.84. The van der Waals surface area contributed by atoms with E-state index in [-0.39, 0.29) is 38.9 Å². The molecule has 0 nitrogen and oxygen atoms in total. The minimum absolute atomic E-state index is 0.149. The van der Waals surface area contributed by atoms with E-state index in [1.54, 1.807) is 0 Å². The first-order valence-corrected chi connectivity index (χ1v) is 25.2. The molecule has 6 aromatic rings. The fourth-order valence-electron chi connectivity index (χ4n) is 5.19. The second kappa shape index (κ2) is 24.9. The zero-order valence-corrected chi connectivity index (χ0v) is 33.8. The zero-order chi connectivity index (χ0) is 34.2. The predicted octanol–water partition coefficient (Wildman–Crippen LogP) is 10.8. The van der Waals surface area contributed by atoms with E-state index in [9.17, 15) is 0 Å². The van der Waals surface area contributed by atoms with Crippen LogP contribution in [-0.4, -0.2) is 18.5 Å². The molecule has 0 unspecified atom stereocenters. The molecule has 0 spiro atoms. The van der Waals surface area contributed by atoms with Crippen molar-refractivity contribution in [2.24, 2.45) is 0 Å². The Balaban J connectivity index is 0.000000187. The number of benzene rings is 6. The molecule has 0 amide bonds. The van der Waals surface area contributed by atoms with Crippen LogP contribution in [0.25, 0.3) is 0 Å². The van der Waals surface area contributed by atoms with Gasteiger partial charge < -0.3 is 0 Å². The topological polar surface area (TPSA) is 0 Å². The third-order valence-corrected chi connectivity index (χ3v) is 14.8. The standard InChI is InChI=1S/3C14H15P.2ClH.Ru/c3*1-2-15(13-9-5-3-6-10-13)14-11-7-4-8-12-14;;;/h3*3-12H,2H2,1H3;2*1H;/q;;;;;+2/p-2. The molecule has 0 aliphatic carbocycles. The van der Waals surface area contributed by atoms with Crippen LogP contribution in [0.1, 0.15) is 20.8 Å². The average Bonchev–Trinajstić information content (AvgIpc) is 3.16. The molecule has 0 N–H and O–H groups in total. The summed E-state index contributed by atoms with van der Waals surface area (Å²) in [6, 6.07) is 64.9. The molecule has 48 heavy (non-hydrogen) atoms. The van der Waals surface area contributed by atoms with E-state index in [0.29, 0.717) is 0 Å². The molecule has 0 aliphatic rings. The summed E-state index contributed by atoms with van der Waals surface area (Å²) in [5.41, 5.74) is 0. The Morgan fingerprint density at radius 3 is 0.542 bits per heavy atom. The first-order valence-electron chi connectivity index (χ1n) is 16.1. The molecule has 6 aromatic carbocycles. The molecule has 0 bridgehead atoms. The van der Waals surface area contributed by atoms with Gasteiger partial charge in [0.1, 0.15) is 0 Å². The van der Waals surface area contributed by atoms with E-state index in [2.05, 4.69) is 203 Å². The third kappa shape index (κ3) is 14.0. The molecule has 0 saturated carbocycles. The van der Waals surface area contributed by atoms with Crippen molar-refractivity contribution in [1.29, 1.82) is 0 Å². The third-order valence-electron chi connectivity index (χ3n) is 7.36. The quantitative estimate of drug-likeness (QED) is 0.101. The predicted molar refractivity (Wildman–Crippen MR) is 221 cm³/mol. The van der Waals surface area contributed by atoms with E-state index < -0.39 is 0 Å². The van der Waals surface area contributed by atoms with Crippen molar-refractivity contribution in [3.05, 3.63) is 182 Å². The van der Waals surface area contributed by atoms with Crippen LogP contribution in [0.15, 0.2) is 182 Å². The number of hydrogen-bond acceptors (Lipinski definition) is 0. The molecule has 0 aliphatic heterocycles. The van der Waals surface area contributed by atoms with Crippen LogP contribution in [-0.2, 0) is 15.1 Å². The summed E-state index contributed by atoms with van der Waals surface area (Å²) < 4.78 is 0. The van der Waals surface area contributed by atoms with Gasteiger partial charge in [0, 0.05) is 0 Å². The van der Waals surface area contributed by atoms with Crippen LogP contribution in [0.4, 0.5) is 0 Å². The van der Waals surface area contributed by atoms with Gasteiger partial charge in [0.25, 0.3) is 0 Å². The Morgan fingerprint density at radius 2 is 0.438 bits per heavy atom. The first-order chi connectivity index (χ1) is 23.7. The summed E-state index contributed by atoms with van der Waals surface area (Å²) in [5.74, 6) is 0. The van der Waals surface area contributed by atoms with Crippen molar-refractivity contribution >= 4 is 75.0 Å². The van der Waals surface area contributed by atoms with E-state index in [0.717, 1.165) is 0 Å². The van der Waals surface area contributed by atoms with Crippen molar-refractivity contribution in [2.75, 3.05) is 18.5 Å². The van der Waals surface area contributed by atoms with Crippen molar-refractivity contribution in [3.8, 4) is 0 Å². The van der Waals surface area contributed by atoms with E-state index in [1.165, 1.54) is 50.3 Å². The molecule has 6 heteroatoms. The Labute approximate surface area is 309 Å². The normalized spacial score (nSPS) is 10.3. The SMILES string of the molecule is CCP(c1ccccc1)c1ccccc1.CCP(c1ccccc1)c1ccccc1.CCP(c1ccccc1)c1ccccc1.[Cl][Ru][Cl]. The maximum atomic E-state index is 4.85. The molecule has 0 radical (unpaired) electrons. The molecule has 0 fully saturated rings. The van der Waals surface area contributed by atoms with E-state index >= 15 is 0 Å². The zero-order valence-electron chi connectivity index (χ0n) is 27.9. The molecular formula is C42H45Cl2P3Ru. The van der Waals surface area contributed by atoms with Gasteiger partial charge in [-0.25, -0.2) is 0 Å². The molecule has 0 saturated heterocycles. The molecule has 0 aromatic heterocycles. The average molecular weight is 815 g/mol. The Hall–Kier alpha value is -2.19. The van der Waals surface area contributed by atoms with Crippen LogP contribution < -0.4 is 31.8 Å². The van der Waals surface area contributed by atoms with Gasteiger partial charge in [0.05, 0.1) is 0 Å². The summed E-state index contributed by atoms with van der Waals surface area (Å²) in [4.78, 5) is 0. The monoisotopic (exact) mass is 814 g/mol. The van der Waals surface area contributed by atoms with Gasteiger partial charge in [-0.05, 0) is 74.1 Å². The van der Waals surface area contributed by atoms with Gasteiger partial charge in [-0.1, -0.05) is 203 Å². The fraction of sp³-hybridized carbons (Fsp3) is 0.143. The Morgan fingerprint density at radius 1 is 0.312 bits per heavy atom. The van der Waals surface area contributed by atoms with Crippen LogP contribution in [0.2, 0.25) is 0 Å². The number of rotatable bonds is 9. The molecular weight excluding hydrogens is 769 g/mol. The van der Waals surface area contributed by atoms with E-state index in [4.69, 9.17) is 19.4 Å². The molecule has 0 heterocycles. The summed E-state index contributed by atoms with van der Waals surface area (Å²) in [6.07, 6.45) is 3.64. The Kier molecular flexibility index (Phi) is 20.9. The minimum atomic E-state index is -0.346. The van der Waals surface area contributed by atoms with Crippen molar-refractivity contribution in [1.82, 2.24) is 0 Å². The summed E-state index contributed by atoms with van der Waals surface area (Å²) >= 11 is -0.346. The fourth-order valence-corrected chi connectivity index (χ4v) is 11.5. The van der Waals surface area contributed by atoms with Gasteiger partial charge >= 0.3 is 34.5 Å². The maximum absolute atomic E-state index is 4.85. The second-order valence-electron chi connectivity index (χ2n) is 10.3. The summed E-state index contributed by atoms with van der Waals surface area (Å²) in [6.45, 7) is 6.81. The second-order valence-corrected chi connectivity index (χ2v) is 20.5. The number of halogens is 2. The van der Waals surface area contributed by atoms with Crippen LogP contribution >= 0.6 is 43.1 Å². The number of hydrogen-bond donors (Lipinski definition) is 0. The van der Waals surface area contributed by atoms with Gasteiger partial charge in [-0.2, -0.15) is 0 Å². The van der Waals surface area contributed by atoms with Crippen LogP contribution in [0.3, 0.4) is 0 Å². The van der Waals surface area contributed by atoms with Gasteiger partial charge in [0.2, 0.25) is 0 Å². The van der Waals surface area contributed by atoms with Gasteiger partial charge in [0.15, 0.2) is 0 Å².